The molecule has 0 spiro atoms. The molecule has 0 saturated carbocycles. The number of para-hydroxylation sites is 1. The summed E-state index contributed by atoms with van der Waals surface area (Å²) in [5, 5.41) is 1.02. The Morgan fingerprint density at radius 3 is 2.82 bits per heavy atom. The highest BCUT2D eigenvalue weighted by molar-refractivity contribution is 5.99. The SMILES string of the molecule is NC(=O)c1cccn2cc(-c3ccnc4ccccc34)nc12. The van der Waals surface area contributed by atoms with E-state index in [4.69, 9.17) is 5.73 Å². The number of amides is 1. The normalized spacial score (nSPS) is 11.1. The second kappa shape index (κ2) is 4.66. The van der Waals surface area contributed by atoms with Crippen LogP contribution in [-0.4, -0.2) is 20.3 Å². The van der Waals surface area contributed by atoms with E-state index in [2.05, 4.69) is 9.97 Å². The van der Waals surface area contributed by atoms with Gasteiger partial charge < -0.3 is 10.1 Å². The van der Waals surface area contributed by atoms with Crippen LogP contribution in [0.3, 0.4) is 0 Å². The molecule has 1 amide bonds. The lowest BCUT2D eigenvalue weighted by atomic mass is 10.1. The van der Waals surface area contributed by atoms with Crippen LogP contribution < -0.4 is 5.73 Å². The Labute approximate surface area is 126 Å². The van der Waals surface area contributed by atoms with Crippen molar-refractivity contribution in [3.63, 3.8) is 0 Å². The molecule has 4 aromatic rings. The lowest BCUT2D eigenvalue weighted by Crippen LogP contribution is -2.12. The molecule has 3 aromatic heterocycles. The van der Waals surface area contributed by atoms with Crippen LogP contribution in [0.25, 0.3) is 27.8 Å². The number of rotatable bonds is 2. The summed E-state index contributed by atoms with van der Waals surface area (Å²) in [5.74, 6) is -0.484. The summed E-state index contributed by atoms with van der Waals surface area (Å²) in [6.45, 7) is 0. The number of aromatic nitrogens is 3. The Morgan fingerprint density at radius 2 is 1.95 bits per heavy atom. The van der Waals surface area contributed by atoms with E-state index in [1.807, 2.05) is 47.1 Å². The highest BCUT2D eigenvalue weighted by Gasteiger charge is 2.13. The molecular formula is C17H12N4O. The van der Waals surface area contributed by atoms with Gasteiger partial charge >= 0.3 is 0 Å². The zero-order chi connectivity index (χ0) is 15.1. The molecular weight excluding hydrogens is 276 g/mol. The van der Waals surface area contributed by atoms with Crippen LogP contribution in [0.2, 0.25) is 0 Å². The predicted molar refractivity (Wildman–Crippen MR) is 84.4 cm³/mol. The van der Waals surface area contributed by atoms with Crippen LogP contribution in [0.1, 0.15) is 10.4 Å². The van der Waals surface area contributed by atoms with Crippen LogP contribution in [-0.2, 0) is 0 Å². The first-order valence-corrected chi connectivity index (χ1v) is 6.86. The second-order valence-corrected chi connectivity index (χ2v) is 5.02. The minimum absolute atomic E-state index is 0.409. The van der Waals surface area contributed by atoms with Crippen molar-refractivity contribution >= 4 is 22.5 Å². The first kappa shape index (κ1) is 12.5. The summed E-state index contributed by atoms with van der Waals surface area (Å²) in [7, 11) is 0. The summed E-state index contributed by atoms with van der Waals surface area (Å²) in [6, 6.07) is 13.3. The fraction of sp³-hybridized carbons (Fsp3) is 0. The topological polar surface area (TPSA) is 73.3 Å². The van der Waals surface area contributed by atoms with Crippen molar-refractivity contribution in [3.05, 3.63) is 66.6 Å². The minimum atomic E-state index is -0.484. The Balaban J connectivity index is 2.01. The third kappa shape index (κ3) is 1.83. The van der Waals surface area contributed by atoms with Gasteiger partial charge in [0, 0.05) is 29.5 Å². The maximum Gasteiger partial charge on any atom is 0.252 e. The minimum Gasteiger partial charge on any atom is -0.365 e. The zero-order valence-corrected chi connectivity index (χ0v) is 11.6. The van der Waals surface area contributed by atoms with Gasteiger partial charge in [-0.1, -0.05) is 18.2 Å². The summed E-state index contributed by atoms with van der Waals surface area (Å²) in [6.07, 6.45) is 5.50. The molecule has 0 saturated heterocycles. The molecule has 0 unspecified atom stereocenters. The summed E-state index contributed by atoms with van der Waals surface area (Å²) < 4.78 is 1.81. The van der Waals surface area contributed by atoms with E-state index in [1.54, 1.807) is 18.3 Å². The number of nitrogens with zero attached hydrogens (tertiary/aromatic N) is 3. The molecule has 106 valence electrons. The van der Waals surface area contributed by atoms with Gasteiger partial charge in [-0.05, 0) is 24.3 Å². The quantitative estimate of drug-likeness (QED) is 0.616. The van der Waals surface area contributed by atoms with Crippen LogP contribution in [0.15, 0.2) is 61.1 Å². The number of pyridine rings is 2. The number of nitrogens with two attached hydrogens (primary N) is 1. The molecule has 4 rings (SSSR count). The average molecular weight is 288 g/mol. The number of hydrogen-bond acceptors (Lipinski definition) is 3. The average Bonchev–Trinajstić information content (AvgIpc) is 2.97. The molecule has 1 aromatic carbocycles. The largest absolute Gasteiger partial charge is 0.365 e. The highest BCUT2D eigenvalue weighted by Crippen LogP contribution is 2.27. The van der Waals surface area contributed by atoms with Crippen molar-refractivity contribution < 1.29 is 4.79 Å². The molecule has 2 N–H and O–H groups in total. The molecule has 0 bridgehead atoms. The lowest BCUT2D eigenvalue weighted by Gasteiger charge is -2.02. The van der Waals surface area contributed by atoms with Crippen LogP contribution in [0, 0.1) is 0 Å². The van der Waals surface area contributed by atoms with E-state index < -0.39 is 5.91 Å². The molecule has 0 aliphatic heterocycles. The number of benzene rings is 1. The standard InChI is InChI=1S/C17H12N4O/c18-16(22)13-5-3-9-21-10-15(20-17(13)21)12-7-8-19-14-6-2-1-4-11(12)14/h1-10H,(H2,18,22). The van der Waals surface area contributed by atoms with Gasteiger partial charge in [0.15, 0.2) is 0 Å². The van der Waals surface area contributed by atoms with Crippen molar-refractivity contribution in [2.75, 3.05) is 0 Å². The van der Waals surface area contributed by atoms with Crippen molar-refractivity contribution in [2.45, 2.75) is 0 Å². The number of hydrogen-bond donors (Lipinski definition) is 1. The molecule has 0 aliphatic rings. The molecule has 0 atom stereocenters. The number of carbonyl (C=O) groups excluding carboxylic acids is 1. The van der Waals surface area contributed by atoms with Gasteiger partial charge in [-0.25, -0.2) is 4.98 Å². The Morgan fingerprint density at radius 1 is 1.09 bits per heavy atom. The monoisotopic (exact) mass is 288 g/mol. The molecule has 5 heteroatoms. The molecule has 0 aliphatic carbocycles. The number of imidazole rings is 1. The van der Waals surface area contributed by atoms with E-state index in [9.17, 15) is 4.79 Å². The van der Waals surface area contributed by atoms with Crippen molar-refractivity contribution in [1.29, 1.82) is 0 Å². The van der Waals surface area contributed by atoms with Gasteiger partial charge in [-0.15, -0.1) is 0 Å². The van der Waals surface area contributed by atoms with E-state index >= 15 is 0 Å². The number of primary amides is 1. The van der Waals surface area contributed by atoms with Crippen LogP contribution >= 0.6 is 0 Å². The molecule has 22 heavy (non-hydrogen) atoms. The van der Waals surface area contributed by atoms with Crippen LogP contribution in [0.5, 0.6) is 0 Å². The molecule has 0 radical (unpaired) electrons. The van der Waals surface area contributed by atoms with Gasteiger partial charge in [0.05, 0.1) is 16.8 Å². The summed E-state index contributed by atoms with van der Waals surface area (Å²) in [5.41, 5.74) is 9.06. The smallest absolute Gasteiger partial charge is 0.252 e. The highest BCUT2D eigenvalue weighted by atomic mass is 16.1. The fourth-order valence-electron chi connectivity index (χ4n) is 2.65. The first-order chi connectivity index (χ1) is 10.7. The first-order valence-electron chi connectivity index (χ1n) is 6.86. The van der Waals surface area contributed by atoms with Crippen molar-refractivity contribution in [3.8, 4) is 11.3 Å². The number of fused-ring (bicyclic) bond motifs is 2. The maximum absolute atomic E-state index is 11.5. The Bertz CT molecular complexity index is 1010. The van der Waals surface area contributed by atoms with Gasteiger partial charge in [0.1, 0.15) is 5.65 Å². The van der Waals surface area contributed by atoms with Crippen LogP contribution in [0.4, 0.5) is 0 Å². The van der Waals surface area contributed by atoms with Crippen molar-refractivity contribution in [2.24, 2.45) is 5.73 Å². The lowest BCUT2D eigenvalue weighted by molar-refractivity contribution is 0.100. The fourth-order valence-corrected chi connectivity index (χ4v) is 2.65. The van der Waals surface area contributed by atoms with E-state index in [0.717, 1.165) is 22.2 Å². The molecule has 0 fully saturated rings. The Hall–Kier alpha value is -3.21. The third-order valence-electron chi connectivity index (χ3n) is 3.67. The van der Waals surface area contributed by atoms with E-state index in [-0.39, 0.29) is 0 Å². The van der Waals surface area contributed by atoms with Gasteiger partial charge in [0.2, 0.25) is 0 Å². The second-order valence-electron chi connectivity index (χ2n) is 5.02. The van der Waals surface area contributed by atoms with Gasteiger partial charge in [0.25, 0.3) is 5.91 Å². The third-order valence-corrected chi connectivity index (χ3v) is 3.67. The number of carbonyl (C=O) groups is 1. The molecule has 5 nitrogen and oxygen atoms in total. The van der Waals surface area contributed by atoms with Crippen molar-refractivity contribution in [1.82, 2.24) is 14.4 Å². The molecule has 3 heterocycles. The Kier molecular flexibility index (Phi) is 2.66. The van der Waals surface area contributed by atoms with Gasteiger partial charge in [-0.2, -0.15) is 0 Å². The summed E-state index contributed by atoms with van der Waals surface area (Å²) >= 11 is 0. The maximum atomic E-state index is 11.5. The zero-order valence-electron chi connectivity index (χ0n) is 11.6. The summed E-state index contributed by atoms with van der Waals surface area (Å²) in [4.78, 5) is 20.5. The van der Waals surface area contributed by atoms with E-state index in [1.165, 1.54) is 0 Å². The van der Waals surface area contributed by atoms with E-state index in [0.29, 0.717) is 11.2 Å². The van der Waals surface area contributed by atoms with Gasteiger partial charge in [-0.3, -0.25) is 9.78 Å². The predicted octanol–water partition coefficient (Wildman–Crippen LogP) is 2.65.